The summed E-state index contributed by atoms with van der Waals surface area (Å²) in [4.78, 5) is 3.52. The van der Waals surface area contributed by atoms with Gasteiger partial charge in [0.2, 0.25) is 5.95 Å². The summed E-state index contributed by atoms with van der Waals surface area (Å²) in [5.74, 6) is 6.01. The molecule has 0 bridgehead atoms. The molecule has 1 heterocycles. The average molecular weight is 195 g/mol. The molecule has 1 nitrogen and oxygen atoms in total. The van der Waals surface area contributed by atoms with Crippen molar-refractivity contribution >= 4 is 12.6 Å². The Morgan fingerprint density at radius 1 is 1.62 bits per heavy atom. The summed E-state index contributed by atoms with van der Waals surface area (Å²) < 4.78 is 12.7. The van der Waals surface area contributed by atoms with E-state index < -0.39 is 5.95 Å². The second-order valence-corrected chi connectivity index (χ2v) is 3.04. The van der Waals surface area contributed by atoms with Gasteiger partial charge in [0.15, 0.2) is 0 Å². The summed E-state index contributed by atoms with van der Waals surface area (Å²) >= 11 is 4.02. The third kappa shape index (κ3) is 3.08. The number of hydrogen-bond donors (Lipinski definition) is 1. The van der Waals surface area contributed by atoms with Gasteiger partial charge in [0.25, 0.3) is 0 Å². The molecule has 0 saturated heterocycles. The van der Waals surface area contributed by atoms with Crippen molar-refractivity contribution < 1.29 is 4.39 Å². The van der Waals surface area contributed by atoms with E-state index in [2.05, 4.69) is 29.5 Å². The molecule has 0 radical (unpaired) electrons. The van der Waals surface area contributed by atoms with Crippen molar-refractivity contribution in [3.63, 3.8) is 0 Å². The largest absolute Gasteiger partial charge is 0.228 e. The Kier molecular flexibility index (Phi) is 3.78. The van der Waals surface area contributed by atoms with Gasteiger partial charge in [0.05, 0.1) is 0 Å². The molecule has 0 atom stereocenters. The summed E-state index contributed by atoms with van der Waals surface area (Å²) in [5, 5.41) is 0. The van der Waals surface area contributed by atoms with Crippen LogP contribution in [-0.2, 0) is 0 Å². The van der Waals surface area contributed by atoms with Crippen LogP contribution >= 0.6 is 12.6 Å². The third-order valence-corrected chi connectivity index (χ3v) is 1.75. The van der Waals surface area contributed by atoms with Gasteiger partial charge in [-0.05, 0) is 12.5 Å². The number of hydrogen-bond acceptors (Lipinski definition) is 2. The van der Waals surface area contributed by atoms with E-state index in [4.69, 9.17) is 0 Å². The lowest BCUT2D eigenvalue weighted by molar-refractivity contribution is 0.582. The summed E-state index contributed by atoms with van der Waals surface area (Å²) in [6, 6.07) is 1.35. The third-order valence-electron chi connectivity index (χ3n) is 1.53. The molecule has 68 valence electrons. The first-order valence-electron chi connectivity index (χ1n) is 3.96. The zero-order valence-corrected chi connectivity index (χ0v) is 8.24. The molecule has 3 heteroatoms. The van der Waals surface area contributed by atoms with Gasteiger partial charge in [-0.2, -0.15) is 17.0 Å². The van der Waals surface area contributed by atoms with E-state index in [0.29, 0.717) is 12.0 Å². The van der Waals surface area contributed by atoms with E-state index in [1.807, 2.05) is 6.92 Å². The molecule has 0 aromatic carbocycles. The number of aryl methyl sites for hydroxylation is 1. The molecule has 1 aromatic heterocycles. The van der Waals surface area contributed by atoms with Crippen molar-refractivity contribution in [1.29, 1.82) is 0 Å². The predicted octanol–water partition coefficient (Wildman–Crippen LogP) is 2.20. The number of nitrogens with zero attached hydrogens (tertiary/aromatic N) is 1. The van der Waals surface area contributed by atoms with Crippen LogP contribution in [0.3, 0.4) is 0 Å². The first kappa shape index (κ1) is 10.1. The van der Waals surface area contributed by atoms with Gasteiger partial charge in [0, 0.05) is 30.0 Å². The molecule has 0 spiro atoms. The van der Waals surface area contributed by atoms with Crippen molar-refractivity contribution in [2.45, 2.75) is 13.3 Å². The van der Waals surface area contributed by atoms with Gasteiger partial charge in [-0.3, -0.25) is 0 Å². The van der Waals surface area contributed by atoms with Crippen molar-refractivity contribution in [2.75, 3.05) is 5.75 Å². The molecule has 1 aromatic rings. The maximum atomic E-state index is 12.7. The van der Waals surface area contributed by atoms with E-state index in [-0.39, 0.29) is 0 Å². The maximum Gasteiger partial charge on any atom is 0.214 e. The fraction of sp³-hybridized carbons (Fsp3) is 0.300. The number of aromatic nitrogens is 1. The molecular weight excluding hydrogens is 185 g/mol. The van der Waals surface area contributed by atoms with Crippen LogP contribution in [0.5, 0.6) is 0 Å². The van der Waals surface area contributed by atoms with Crippen LogP contribution in [0.25, 0.3) is 0 Å². The normalized spacial score (nSPS) is 9.15. The Morgan fingerprint density at radius 2 is 2.38 bits per heavy atom. The molecule has 0 amide bonds. The Bertz CT molecular complexity index is 352. The van der Waals surface area contributed by atoms with Gasteiger partial charge in [-0.1, -0.05) is 11.8 Å². The highest BCUT2D eigenvalue weighted by Gasteiger charge is 1.96. The van der Waals surface area contributed by atoms with Crippen LogP contribution in [0.15, 0.2) is 12.3 Å². The molecule has 0 aliphatic rings. The van der Waals surface area contributed by atoms with Crippen LogP contribution in [0.4, 0.5) is 4.39 Å². The van der Waals surface area contributed by atoms with E-state index in [9.17, 15) is 4.39 Å². The van der Waals surface area contributed by atoms with Crippen molar-refractivity contribution in [1.82, 2.24) is 4.98 Å². The SMILES string of the molecule is Cc1cnc(F)cc1C#CCCS. The minimum Gasteiger partial charge on any atom is -0.228 e. The van der Waals surface area contributed by atoms with Gasteiger partial charge >= 0.3 is 0 Å². The number of rotatable bonds is 1. The van der Waals surface area contributed by atoms with Crippen molar-refractivity contribution in [3.8, 4) is 11.8 Å². The van der Waals surface area contributed by atoms with Gasteiger partial charge in [-0.25, -0.2) is 4.98 Å². The first-order chi connectivity index (χ1) is 6.24. The second kappa shape index (κ2) is 4.88. The average Bonchev–Trinajstić information content (AvgIpc) is 2.11. The Morgan fingerprint density at radius 3 is 3.08 bits per heavy atom. The molecule has 13 heavy (non-hydrogen) atoms. The highest BCUT2D eigenvalue weighted by atomic mass is 32.1. The fourth-order valence-electron chi connectivity index (χ4n) is 0.847. The van der Waals surface area contributed by atoms with Crippen LogP contribution in [0.1, 0.15) is 17.5 Å². The lowest BCUT2D eigenvalue weighted by atomic mass is 10.1. The Labute approximate surface area is 82.8 Å². The minimum atomic E-state index is -0.485. The molecule has 0 saturated carbocycles. The van der Waals surface area contributed by atoms with Crippen LogP contribution in [0, 0.1) is 24.7 Å². The lowest BCUT2D eigenvalue weighted by Gasteiger charge is -1.95. The molecule has 1 rings (SSSR count). The van der Waals surface area contributed by atoms with Crippen LogP contribution in [0.2, 0.25) is 0 Å². The smallest absolute Gasteiger partial charge is 0.214 e. The monoisotopic (exact) mass is 195 g/mol. The number of thiol groups is 1. The van der Waals surface area contributed by atoms with E-state index >= 15 is 0 Å². The van der Waals surface area contributed by atoms with Gasteiger partial charge in [-0.15, -0.1) is 0 Å². The van der Waals surface area contributed by atoms with E-state index in [0.717, 1.165) is 11.3 Å². The van der Waals surface area contributed by atoms with E-state index in [1.165, 1.54) is 12.3 Å². The quantitative estimate of drug-likeness (QED) is 0.412. The van der Waals surface area contributed by atoms with Crippen LogP contribution in [-0.4, -0.2) is 10.7 Å². The summed E-state index contributed by atoms with van der Waals surface area (Å²) in [7, 11) is 0. The number of pyridine rings is 1. The zero-order chi connectivity index (χ0) is 9.68. The molecular formula is C10H10FNS. The lowest BCUT2D eigenvalue weighted by Crippen LogP contribution is -1.88. The summed E-state index contributed by atoms with van der Waals surface area (Å²) in [6.45, 7) is 1.86. The van der Waals surface area contributed by atoms with E-state index in [1.54, 1.807) is 0 Å². The predicted molar refractivity (Wildman–Crippen MR) is 54.3 cm³/mol. The van der Waals surface area contributed by atoms with Crippen molar-refractivity contribution in [3.05, 3.63) is 29.3 Å². The Balaban J connectivity index is 2.89. The van der Waals surface area contributed by atoms with Crippen molar-refractivity contribution in [2.24, 2.45) is 0 Å². The maximum absolute atomic E-state index is 12.7. The van der Waals surface area contributed by atoms with Gasteiger partial charge < -0.3 is 0 Å². The highest BCUT2D eigenvalue weighted by Crippen LogP contribution is 2.05. The molecule has 0 fully saturated rings. The topological polar surface area (TPSA) is 12.9 Å². The summed E-state index contributed by atoms with van der Waals surface area (Å²) in [5.41, 5.74) is 1.60. The second-order valence-electron chi connectivity index (χ2n) is 2.60. The molecule has 0 unspecified atom stereocenters. The zero-order valence-electron chi connectivity index (χ0n) is 7.34. The minimum absolute atomic E-state index is 0.485. The standard InChI is InChI=1S/C10H10FNS/c1-8-7-12-10(11)6-9(8)4-2-3-5-13/h6-7,13H,3,5H2,1H3. The van der Waals surface area contributed by atoms with Crippen LogP contribution < -0.4 is 0 Å². The molecule has 0 aliphatic heterocycles. The Hall–Kier alpha value is -1.01. The molecule has 0 aliphatic carbocycles. The first-order valence-corrected chi connectivity index (χ1v) is 4.59. The fourth-order valence-corrected chi connectivity index (χ4v) is 0.958. The number of halogens is 1. The molecule has 0 N–H and O–H groups in total. The highest BCUT2D eigenvalue weighted by molar-refractivity contribution is 7.80. The summed E-state index contributed by atoms with van der Waals surface area (Å²) in [6.07, 6.45) is 2.20. The van der Waals surface area contributed by atoms with Gasteiger partial charge in [0.1, 0.15) is 0 Å².